The molecule has 3 heteroatoms. The molecule has 1 saturated carbocycles. The van der Waals surface area contributed by atoms with Gasteiger partial charge in [-0.25, -0.2) is 4.39 Å². The summed E-state index contributed by atoms with van der Waals surface area (Å²) in [6.45, 7) is 0.681. The van der Waals surface area contributed by atoms with Crippen molar-refractivity contribution in [3.05, 3.63) is 29.6 Å². The summed E-state index contributed by atoms with van der Waals surface area (Å²) in [6.07, 6.45) is 7.26. The summed E-state index contributed by atoms with van der Waals surface area (Å²) >= 11 is 0. The summed E-state index contributed by atoms with van der Waals surface area (Å²) in [5.74, 6) is 0.161. The summed E-state index contributed by atoms with van der Waals surface area (Å²) in [4.78, 5) is 0. The molecule has 0 bridgehead atoms. The Balaban J connectivity index is 1.99. The van der Waals surface area contributed by atoms with Crippen LogP contribution in [0.1, 0.15) is 44.1 Å². The average Bonchev–Trinajstić information content (AvgIpc) is 2.62. The topological polar surface area (TPSA) is 21.3 Å². The van der Waals surface area contributed by atoms with Crippen molar-refractivity contribution in [1.82, 2.24) is 5.32 Å². The van der Waals surface area contributed by atoms with E-state index in [1.54, 1.807) is 12.1 Å². The Bertz CT molecular complexity index is 373. The standard InChI is InChI=1S/C15H22FNO/c1-17-11-12-8-9-15(14(16)10-12)18-13-6-4-2-3-5-7-13/h8-10,13,17H,2-7,11H2,1H3. The molecule has 0 heterocycles. The van der Waals surface area contributed by atoms with Crippen LogP contribution < -0.4 is 10.1 Å². The Morgan fingerprint density at radius 1 is 1.22 bits per heavy atom. The number of ether oxygens (including phenoxy) is 1. The minimum Gasteiger partial charge on any atom is -0.487 e. The Morgan fingerprint density at radius 3 is 2.56 bits per heavy atom. The zero-order valence-electron chi connectivity index (χ0n) is 11.0. The number of nitrogens with one attached hydrogen (secondary N) is 1. The lowest BCUT2D eigenvalue weighted by Crippen LogP contribution is -2.16. The first-order valence-corrected chi connectivity index (χ1v) is 6.89. The van der Waals surface area contributed by atoms with E-state index in [1.807, 2.05) is 13.1 Å². The van der Waals surface area contributed by atoms with Gasteiger partial charge in [0.25, 0.3) is 0 Å². The largest absolute Gasteiger partial charge is 0.487 e. The predicted octanol–water partition coefficient (Wildman–Crippen LogP) is 3.65. The third-order valence-electron chi connectivity index (χ3n) is 3.47. The van der Waals surface area contributed by atoms with Crippen molar-refractivity contribution in [2.45, 2.75) is 51.2 Å². The smallest absolute Gasteiger partial charge is 0.165 e. The fourth-order valence-electron chi connectivity index (χ4n) is 2.49. The second-order valence-corrected chi connectivity index (χ2v) is 5.03. The van der Waals surface area contributed by atoms with Crippen molar-refractivity contribution in [3.8, 4) is 5.75 Å². The van der Waals surface area contributed by atoms with Crippen molar-refractivity contribution in [3.63, 3.8) is 0 Å². The number of halogens is 1. The summed E-state index contributed by atoms with van der Waals surface area (Å²) in [5.41, 5.74) is 0.947. The first kappa shape index (κ1) is 13.3. The van der Waals surface area contributed by atoms with Crippen molar-refractivity contribution in [2.24, 2.45) is 0 Å². The van der Waals surface area contributed by atoms with Gasteiger partial charge in [0.15, 0.2) is 11.6 Å². The van der Waals surface area contributed by atoms with Gasteiger partial charge in [-0.2, -0.15) is 0 Å². The third kappa shape index (κ3) is 3.70. The van der Waals surface area contributed by atoms with Crippen molar-refractivity contribution in [1.29, 1.82) is 0 Å². The molecule has 1 aliphatic carbocycles. The molecule has 1 aromatic carbocycles. The van der Waals surface area contributed by atoms with Crippen molar-refractivity contribution in [2.75, 3.05) is 7.05 Å². The third-order valence-corrected chi connectivity index (χ3v) is 3.47. The Hall–Kier alpha value is -1.09. The van der Waals surface area contributed by atoms with E-state index in [0.29, 0.717) is 12.3 Å². The predicted molar refractivity (Wildman–Crippen MR) is 71.3 cm³/mol. The van der Waals surface area contributed by atoms with Crippen LogP contribution in [-0.2, 0) is 6.54 Å². The summed E-state index contributed by atoms with van der Waals surface area (Å²) in [6, 6.07) is 5.24. The highest BCUT2D eigenvalue weighted by molar-refractivity contribution is 5.29. The fraction of sp³-hybridized carbons (Fsp3) is 0.600. The molecule has 1 aliphatic rings. The summed E-state index contributed by atoms with van der Waals surface area (Å²) in [7, 11) is 1.86. The zero-order chi connectivity index (χ0) is 12.8. The fourth-order valence-corrected chi connectivity index (χ4v) is 2.49. The van der Waals surface area contributed by atoms with Crippen LogP contribution in [0.4, 0.5) is 4.39 Å². The van der Waals surface area contributed by atoms with E-state index in [0.717, 1.165) is 18.4 Å². The van der Waals surface area contributed by atoms with Gasteiger partial charge in [-0.1, -0.05) is 18.9 Å². The summed E-state index contributed by atoms with van der Waals surface area (Å²) in [5, 5.41) is 3.01. The van der Waals surface area contributed by atoms with Gasteiger partial charge in [-0.05, 0) is 50.4 Å². The molecule has 18 heavy (non-hydrogen) atoms. The molecule has 0 unspecified atom stereocenters. The maximum atomic E-state index is 13.9. The molecular formula is C15H22FNO. The van der Waals surface area contributed by atoms with Crippen LogP contribution in [-0.4, -0.2) is 13.2 Å². The van der Waals surface area contributed by atoms with Gasteiger partial charge < -0.3 is 10.1 Å². The Kier molecular flexibility index (Phi) is 5.00. The molecule has 0 aromatic heterocycles. The van der Waals surface area contributed by atoms with E-state index in [9.17, 15) is 4.39 Å². The van der Waals surface area contributed by atoms with E-state index in [-0.39, 0.29) is 11.9 Å². The molecular weight excluding hydrogens is 229 g/mol. The second-order valence-electron chi connectivity index (χ2n) is 5.03. The van der Waals surface area contributed by atoms with Crippen molar-refractivity contribution >= 4 is 0 Å². The van der Waals surface area contributed by atoms with Crippen LogP contribution in [0.5, 0.6) is 5.75 Å². The number of hydrogen-bond acceptors (Lipinski definition) is 2. The van der Waals surface area contributed by atoms with Gasteiger partial charge in [0, 0.05) is 6.54 Å². The van der Waals surface area contributed by atoms with Crippen LogP contribution in [0.3, 0.4) is 0 Å². The lowest BCUT2D eigenvalue weighted by atomic mass is 10.1. The zero-order valence-corrected chi connectivity index (χ0v) is 11.0. The highest BCUT2D eigenvalue weighted by atomic mass is 19.1. The maximum absolute atomic E-state index is 13.9. The van der Waals surface area contributed by atoms with Crippen LogP contribution in [0.2, 0.25) is 0 Å². The van der Waals surface area contributed by atoms with E-state index in [1.165, 1.54) is 25.7 Å². The molecule has 0 radical (unpaired) electrons. The lowest BCUT2D eigenvalue weighted by molar-refractivity contribution is 0.176. The molecule has 1 N–H and O–H groups in total. The molecule has 100 valence electrons. The second kappa shape index (κ2) is 6.74. The normalized spacial score (nSPS) is 17.4. The Morgan fingerprint density at radius 2 is 1.94 bits per heavy atom. The van der Waals surface area contributed by atoms with Crippen molar-refractivity contribution < 1.29 is 9.13 Å². The molecule has 2 rings (SSSR count). The Labute approximate surface area is 109 Å². The molecule has 0 amide bonds. The molecule has 0 atom stereocenters. The first-order valence-electron chi connectivity index (χ1n) is 6.89. The van der Waals surface area contributed by atoms with Crippen LogP contribution >= 0.6 is 0 Å². The average molecular weight is 251 g/mol. The first-order chi connectivity index (χ1) is 8.79. The lowest BCUT2D eigenvalue weighted by Gasteiger charge is -2.17. The van der Waals surface area contributed by atoms with Gasteiger partial charge in [0.05, 0.1) is 6.10 Å². The minimum atomic E-state index is -0.244. The van der Waals surface area contributed by atoms with Gasteiger partial charge in [-0.15, -0.1) is 0 Å². The van der Waals surface area contributed by atoms with Crippen LogP contribution in [0, 0.1) is 5.82 Å². The number of hydrogen-bond donors (Lipinski definition) is 1. The van der Waals surface area contributed by atoms with E-state index in [2.05, 4.69) is 5.32 Å². The van der Waals surface area contributed by atoms with E-state index in [4.69, 9.17) is 4.74 Å². The highest BCUT2D eigenvalue weighted by Crippen LogP contribution is 2.25. The summed E-state index contributed by atoms with van der Waals surface area (Å²) < 4.78 is 19.7. The molecule has 0 aliphatic heterocycles. The molecule has 2 nitrogen and oxygen atoms in total. The molecule has 0 saturated heterocycles. The number of rotatable bonds is 4. The van der Waals surface area contributed by atoms with Crippen LogP contribution in [0.15, 0.2) is 18.2 Å². The highest BCUT2D eigenvalue weighted by Gasteiger charge is 2.15. The van der Waals surface area contributed by atoms with E-state index < -0.39 is 0 Å². The van der Waals surface area contributed by atoms with E-state index >= 15 is 0 Å². The maximum Gasteiger partial charge on any atom is 0.165 e. The number of benzene rings is 1. The van der Waals surface area contributed by atoms with Gasteiger partial charge >= 0.3 is 0 Å². The quantitative estimate of drug-likeness (QED) is 0.825. The van der Waals surface area contributed by atoms with Gasteiger partial charge in [0.1, 0.15) is 0 Å². The SMILES string of the molecule is CNCc1ccc(OC2CCCCCC2)c(F)c1. The van der Waals surface area contributed by atoms with Gasteiger partial charge in [0.2, 0.25) is 0 Å². The monoisotopic (exact) mass is 251 g/mol. The van der Waals surface area contributed by atoms with Gasteiger partial charge in [-0.3, -0.25) is 0 Å². The molecule has 1 fully saturated rings. The van der Waals surface area contributed by atoms with Crippen LogP contribution in [0.25, 0.3) is 0 Å². The minimum absolute atomic E-state index is 0.192. The molecule has 0 spiro atoms. The molecule has 1 aromatic rings.